The van der Waals surface area contributed by atoms with E-state index in [1.807, 2.05) is 32.1 Å². The standard InChI is InChI=1S/C12H13N3OS/c1-9-7-11(10(2)17-9)12(16)8-15(5-3-13)6-4-14/h7H,5-6,8H2,1-2H3. The molecule has 0 saturated heterocycles. The lowest BCUT2D eigenvalue weighted by Gasteiger charge is -2.13. The van der Waals surface area contributed by atoms with E-state index in [1.54, 1.807) is 11.3 Å². The first-order valence-corrected chi connectivity index (χ1v) is 5.96. The van der Waals surface area contributed by atoms with E-state index in [1.165, 1.54) is 4.90 Å². The summed E-state index contributed by atoms with van der Waals surface area (Å²) < 4.78 is 0. The number of thiophene rings is 1. The summed E-state index contributed by atoms with van der Waals surface area (Å²) in [5.74, 6) is -0.0302. The summed E-state index contributed by atoms with van der Waals surface area (Å²) in [6.07, 6.45) is 0. The summed E-state index contributed by atoms with van der Waals surface area (Å²) in [7, 11) is 0. The number of rotatable bonds is 5. The van der Waals surface area contributed by atoms with Crippen molar-refractivity contribution in [3.8, 4) is 12.1 Å². The lowest BCUT2D eigenvalue weighted by molar-refractivity contribution is 0.0946. The van der Waals surface area contributed by atoms with Crippen molar-refractivity contribution >= 4 is 17.1 Å². The van der Waals surface area contributed by atoms with Gasteiger partial charge >= 0.3 is 0 Å². The second-order valence-corrected chi connectivity index (χ2v) is 5.17. The summed E-state index contributed by atoms with van der Waals surface area (Å²) >= 11 is 1.58. The number of ketones is 1. The Balaban J connectivity index is 2.74. The molecular weight excluding hydrogens is 234 g/mol. The zero-order valence-electron chi connectivity index (χ0n) is 9.86. The van der Waals surface area contributed by atoms with E-state index in [0.717, 1.165) is 9.75 Å². The maximum atomic E-state index is 12.0. The van der Waals surface area contributed by atoms with Crippen LogP contribution in [0.3, 0.4) is 0 Å². The van der Waals surface area contributed by atoms with Gasteiger partial charge in [-0.05, 0) is 19.9 Å². The van der Waals surface area contributed by atoms with Crippen LogP contribution in [0.5, 0.6) is 0 Å². The van der Waals surface area contributed by atoms with E-state index in [9.17, 15) is 4.79 Å². The van der Waals surface area contributed by atoms with Crippen molar-refractivity contribution in [2.24, 2.45) is 0 Å². The van der Waals surface area contributed by atoms with Crippen LogP contribution in [0.1, 0.15) is 20.1 Å². The Morgan fingerprint density at radius 3 is 2.35 bits per heavy atom. The average molecular weight is 247 g/mol. The van der Waals surface area contributed by atoms with Crippen molar-refractivity contribution in [1.82, 2.24) is 4.90 Å². The van der Waals surface area contributed by atoms with Gasteiger partial charge in [-0.2, -0.15) is 10.5 Å². The number of nitriles is 2. The van der Waals surface area contributed by atoms with Gasteiger partial charge in [-0.3, -0.25) is 9.69 Å². The van der Waals surface area contributed by atoms with Gasteiger partial charge in [0.25, 0.3) is 0 Å². The molecule has 17 heavy (non-hydrogen) atoms. The van der Waals surface area contributed by atoms with Crippen LogP contribution in [0.25, 0.3) is 0 Å². The molecule has 0 N–H and O–H groups in total. The summed E-state index contributed by atoms with van der Waals surface area (Å²) in [6, 6.07) is 5.77. The molecule has 0 saturated carbocycles. The minimum absolute atomic E-state index is 0.0302. The zero-order chi connectivity index (χ0) is 12.8. The number of carbonyl (C=O) groups is 1. The van der Waals surface area contributed by atoms with E-state index >= 15 is 0 Å². The van der Waals surface area contributed by atoms with E-state index in [2.05, 4.69) is 0 Å². The van der Waals surface area contributed by atoms with Crippen LogP contribution in [0.2, 0.25) is 0 Å². The van der Waals surface area contributed by atoms with Gasteiger partial charge in [-0.15, -0.1) is 11.3 Å². The monoisotopic (exact) mass is 247 g/mol. The molecular formula is C12H13N3OS. The fourth-order valence-electron chi connectivity index (χ4n) is 1.56. The fraction of sp³-hybridized carbons (Fsp3) is 0.417. The molecule has 0 radical (unpaired) electrons. The second-order valence-electron chi connectivity index (χ2n) is 3.71. The lowest BCUT2D eigenvalue weighted by atomic mass is 10.1. The SMILES string of the molecule is Cc1cc(C(=O)CN(CC#N)CC#N)c(C)s1. The second kappa shape index (κ2) is 6.15. The minimum atomic E-state index is -0.0302. The molecule has 5 heteroatoms. The summed E-state index contributed by atoms with van der Waals surface area (Å²) in [5.41, 5.74) is 0.702. The van der Waals surface area contributed by atoms with Gasteiger partial charge in [-0.25, -0.2) is 0 Å². The molecule has 1 rings (SSSR count). The largest absolute Gasteiger partial charge is 0.293 e. The van der Waals surface area contributed by atoms with E-state index in [4.69, 9.17) is 10.5 Å². The van der Waals surface area contributed by atoms with E-state index < -0.39 is 0 Å². The maximum Gasteiger partial charge on any atom is 0.178 e. The van der Waals surface area contributed by atoms with Gasteiger partial charge in [0.1, 0.15) is 0 Å². The molecule has 0 amide bonds. The molecule has 4 nitrogen and oxygen atoms in total. The number of carbonyl (C=O) groups excluding carboxylic acids is 1. The summed E-state index contributed by atoms with van der Waals surface area (Å²) in [4.78, 5) is 15.6. The van der Waals surface area contributed by atoms with Crippen LogP contribution in [-0.4, -0.2) is 30.3 Å². The third-order valence-corrected chi connectivity index (χ3v) is 3.26. The molecule has 0 aliphatic carbocycles. The van der Waals surface area contributed by atoms with Crippen molar-refractivity contribution < 1.29 is 4.79 Å². The Morgan fingerprint density at radius 1 is 1.35 bits per heavy atom. The number of hydrogen-bond donors (Lipinski definition) is 0. The number of hydrogen-bond acceptors (Lipinski definition) is 5. The number of aryl methyl sites for hydroxylation is 2. The fourth-order valence-corrected chi connectivity index (χ4v) is 2.51. The van der Waals surface area contributed by atoms with Crippen LogP contribution in [-0.2, 0) is 0 Å². The molecule has 1 aromatic heterocycles. The maximum absolute atomic E-state index is 12.0. The molecule has 0 spiro atoms. The predicted octanol–water partition coefficient (Wildman–Crippen LogP) is 1.90. The Labute approximate surface area is 105 Å². The first-order chi connectivity index (χ1) is 8.08. The normalized spacial score (nSPS) is 9.94. The van der Waals surface area contributed by atoms with Crippen molar-refractivity contribution in [1.29, 1.82) is 10.5 Å². The van der Waals surface area contributed by atoms with Crippen molar-refractivity contribution in [3.63, 3.8) is 0 Å². The van der Waals surface area contributed by atoms with Crippen LogP contribution in [0.15, 0.2) is 6.07 Å². The lowest BCUT2D eigenvalue weighted by Crippen LogP contribution is -2.30. The van der Waals surface area contributed by atoms with Crippen LogP contribution in [0.4, 0.5) is 0 Å². The van der Waals surface area contributed by atoms with Gasteiger partial charge in [0.05, 0.1) is 31.8 Å². The minimum Gasteiger partial charge on any atom is -0.293 e. The first-order valence-electron chi connectivity index (χ1n) is 5.15. The average Bonchev–Trinajstić information content (AvgIpc) is 2.58. The third-order valence-electron chi connectivity index (χ3n) is 2.30. The van der Waals surface area contributed by atoms with Gasteiger partial charge < -0.3 is 0 Å². The summed E-state index contributed by atoms with van der Waals surface area (Å²) in [5, 5.41) is 17.2. The van der Waals surface area contributed by atoms with E-state index in [-0.39, 0.29) is 25.4 Å². The molecule has 0 unspecified atom stereocenters. The van der Waals surface area contributed by atoms with E-state index in [0.29, 0.717) is 5.56 Å². The predicted molar refractivity (Wildman–Crippen MR) is 65.8 cm³/mol. The molecule has 1 aromatic rings. The zero-order valence-corrected chi connectivity index (χ0v) is 10.7. The Morgan fingerprint density at radius 2 is 1.94 bits per heavy atom. The highest BCUT2D eigenvalue weighted by molar-refractivity contribution is 7.12. The summed E-state index contributed by atoms with van der Waals surface area (Å²) in [6.45, 7) is 4.18. The highest BCUT2D eigenvalue weighted by Crippen LogP contribution is 2.21. The Kier molecular flexibility index (Phi) is 4.84. The third kappa shape index (κ3) is 3.67. The smallest absolute Gasteiger partial charge is 0.178 e. The Hall–Kier alpha value is -1.69. The molecule has 0 atom stereocenters. The van der Waals surface area contributed by atoms with Crippen molar-refractivity contribution in [2.45, 2.75) is 13.8 Å². The highest BCUT2D eigenvalue weighted by atomic mass is 32.1. The molecule has 88 valence electrons. The topological polar surface area (TPSA) is 67.9 Å². The van der Waals surface area contributed by atoms with Gasteiger partial charge in [-0.1, -0.05) is 0 Å². The first kappa shape index (κ1) is 13.4. The highest BCUT2D eigenvalue weighted by Gasteiger charge is 2.15. The number of nitrogens with zero attached hydrogens (tertiary/aromatic N) is 3. The van der Waals surface area contributed by atoms with Crippen LogP contribution in [0, 0.1) is 36.5 Å². The molecule has 0 aliphatic heterocycles. The Bertz CT molecular complexity index is 477. The van der Waals surface area contributed by atoms with Crippen molar-refractivity contribution in [2.75, 3.05) is 19.6 Å². The molecule has 0 fully saturated rings. The van der Waals surface area contributed by atoms with Crippen LogP contribution < -0.4 is 0 Å². The number of Topliss-reactive ketones (excluding diaryl/α,β-unsaturated/α-hetero) is 1. The molecule has 0 aromatic carbocycles. The molecule has 0 bridgehead atoms. The molecule has 0 aliphatic rings. The molecule has 1 heterocycles. The quantitative estimate of drug-likeness (QED) is 0.588. The van der Waals surface area contributed by atoms with Crippen LogP contribution >= 0.6 is 11.3 Å². The van der Waals surface area contributed by atoms with Gasteiger partial charge in [0.2, 0.25) is 0 Å². The van der Waals surface area contributed by atoms with Crippen molar-refractivity contribution in [3.05, 3.63) is 21.4 Å². The van der Waals surface area contributed by atoms with Gasteiger partial charge in [0, 0.05) is 15.3 Å². The van der Waals surface area contributed by atoms with Gasteiger partial charge in [0.15, 0.2) is 5.78 Å².